The van der Waals surface area contributed by atoms with E-state index in [4.69, 9.17) is 4.74 Å². The summed E-state index contributed by atoms with van der Waals surface area (Å²) in [6.07, 6.45) is 3.32. The Kier molecular flexibility index (Phi) is 7.32. The second-order valence-corrected chi connectivity index (χ2v) is 4.08. The molecule has 0 saturated carbocycles. The van der Waals surface area contributed by atoms with Crippen LogP contribution in [0, 0.1) is 0 Å². The summed E-state index contributed by atoms with van der Waals surface area (Å²) in [6, 6.07) is 5.01. The summed E-state index contributed by atoms with van der Waals surface area (Å²) in [5, 5.41) is 4.91. The number of rotatable bonds is 8. The molecule has 0 atom stereocenters. The van der Waals surface area contributed by atoms with Crippen LogP contribution >= 0.6 is 0 Å². The van der Waals surface area contributed by atoms with Crippen LogP contribution in [0.25, 0.3) is 5.57 Å². The molecule has 2 N–H and O–H groups in total. The third kappa shape index (κ3) is 5.01. The molecule has 0 bridgehead atoms. The zero-order valence-electron chi connectivity index (χ0n) is 12.5. The van der Waals surface area contributed by atoms with Crippen molar-refractivity contribution < 1.29 is 19.1 Å². The summed E-state index contributed by atoms with van der Waals surface area (Å²) in [5.74, 6) is -0.870. The van der Waals surface area contributed by atoms with Crippen LogP contribution in [-0.2, 0) is 19.1 Å². The number of hydrogen-bond acceptors (Lipinski definition) is 5. The van der Waals surface area contributed by atoms with E-state index in [9.17, 15) is 14.4 Å². The fourth-order valence-corrected chi connectivity index (χ4v) is 1.58. The van der Waals surface area contributed by atoms with Crippen LogP contribution in [-0.4, -0.2) is 36.2 Å². The third-order valence-corrected chi connectivity index (χ3v) is 2.56. The van der Waals surface area contributed by atoms with Crippen LogP contribution in [0.4, 0.5) is 0 Å². The molecular formula is C15H18N3O4. The third-order valence-electron chi connectivity index (χ3n) is 2.56. The lowest BCUT2D eigenvalue weighted by Gasteiger charge is -2.15. The van der Waals surface area contributed by atoms with Crippen LogP contribution in [0.1, 0.15) is 26.0 Å². The van der Waals surface area contributed by atoms with Gasteiger partial charge in [-0.15, -0.1) is 0 Å². The van der Waals surface area contributed by atoms with Gasteiger partial charge in [0.25, 0.3) is 5.91 Å². The average Bonchev–Trinajstić information content (AvgIpc) is 2.54. The van der Waals surface area contributed by atoms with Gasteiger partial charge in [0.05, 0.1) is 18.8 Å². The Labute approximate surface area is 128 Å². The zero-order chi connectivity index (χ0) is 16.4. The standard InChI is InChI=1S/C15H18N3O4/c1-3-12(20)18-15(22-4-2)13(14(21)17-9-10-19)11-7-5-6-8-16-11/h5-8H,3-4,9H2,1-2H3,(H,17,21)(H,18,20)/b15-13-. The number of hydrogen-bond donors (Lipinski definition) is 2. The highest BCUT2D eigenvalue weighted by atomic mass is 16.5. The van der Waals surface area contributed by atoms with Crippen LogP contribution in [0.5, 0.6) is 0 Å². The minimum Gasteiger partial charge on any atom is -0.479 e. The lowest BCUT2D eigenvalue weighted by molar-refractivity contribution is -0.120. The van der Waals surface area contributed by atoms with Gasteiger partial charge in [-0.3, -0.25) is 24.7 Å². The fourth-order valence-electron chi connectivity index (χ4n) is 1.58. The predicted molar refractivity (Wildman–Crippen MR) is 79.9 cm³/mol. The van der Waals surface area contributed by atoms with Crippen molar-refractivity contribution in [3.8, 4) is 0 Å². The molecule has 2 amide bonds. The summed E-state index contributed by atoms with van der Waals surface area (Å²) in [6.45, 7) is 3.39. The van der Waals surface area contributed by atoms with Crippen LogP contribution in [0.2, 0.25) is 0 Å². The Morgan fingerprint density at radius 3 is 2.64 bits per heavy atom. The van der Waals surface area contributed by atoms with Gasteiger partial charge in [0.2, 0.25) is 18.1 Å². The van der Waals surface area contributed by atoms with Crippen LogP contribution in [0.3, 0.4) is 0 Å². The highest BCUT2D eigenvalue weighted by Crippen LogP contribution is 2.16. The molecule has 1 radical (unpaired) electrons. The van der Waals surface area contributed by atoms with Gasteiger partial charge >= 0.3 is 0 Å². The maximum absolute atomic E-state index is 12.3. The summed E-state index contributed by atoms with van der Waals surface area (Å²) < 4.78 is 5.38. The molecule has 1 aromatic heterocycles. The van der Waals surface area contributed by atoms with E-state index < -0.39 is 5.91 Å². The van der Waals surface area contributed by atoms with E-state index in [0.717, 1.165) is 0 Å². The lowest BCUT2D eigenvalue weighted by Crippen LogP contribution is -2.32. The monoisotopic (exact) mass is 304 g/mol. The van der Waals surface area contributed by atoms with Gasteiger partial charge in [-0.2, -0.15) is 0 Å². The zero-order valence-corrected chi connectivity index (χ0v) is 12.5. The normalized spacial score (nSPS) is 11.2. The highest BCUT2D eigenvalue weighted by molar-refractivity contribution is 6.20. The number of nitrogens with one attached hydrogen (secondary N) is 2. The van der Waals surface area contributed by atoms with Crippen LogP contribution < -0.4 is 10.6 Å². The first-order valence-corrected chi connectivity index (χ1v) is 6.85. The summed E-state index contributed by atoms with van der Waals surface area (Å²) in [7, 11) is 0. The number of pyridine rings is 1. The SMILES string of the molecule is CCO/C(NC(=O)CC)=C(\C(=O)NC[C]=O)c1ccccn1. The minimum atomic E-state index is -0.582. The van der Waals surface area contributed by atoms with E-state index in [0.29, 0.717) is 5.69 Å². The van der Waals surface area contributed by atoms with Gasteiger partial charge in [-0.05, 0) is 19.1 Å². The molecule has 1 heterocycles. The molecule has 1 aromatic rings. The molecule has 7 heteroatoms. The molecule has 117 valence electrons. The summed E-state index contributed by atoms with van der Waals surface area (Å²) >= 11 is 0. The Morgan fingerprint density at radius 2 is 2.09 bits per heavy atom. The maximum Gasteiger partial charge on any atom is 0.259 e. The number of amides is 2. The summed E-state index contributed by atoms with van der Waals surface area (Å²) in [4.78, 5) is 38.3. The molecule has 0 spiro atoms. The van der Waals surface area contributed by atoms with Crippen molar-refractivity contribution in [1.29, 1.82) is 0 Å². The number of nitrogens with zero attached hydrogens (tertiary/aromatic N) is 1. The van der Waals surface area contributed by atoms with Gasteiger partial charge in [-0.1, -0.05) is 13.0 Å². The van der Waals surface area contributed by atoms with Crippen LogP contribution in [0.15, 0.2) is 30.3 Å². The molecule has 0 fully saturated rings. The first-order valence-electron chi connectivity index (χ1n) is 6.85. The van der Waals surface area contributed by atoms with Gasteiger partial charge < -0.3 is 10.1 Å². The van der Waals surface area contributed by atoms with Crippen molar-refractivity contribution in [3.05, 3.63) is 36.0 Å². The topological polar surface area (TPSA) is 97.4 Å². The largest absolute Gasteiger partial charge is 0.479 e. The fraction of sp³-hybridized carbons (Fsp3) is 0.333. The smallest absolute Gasteiger partial charge is 0.259 e. The number of carbonyl (C=O) groups excluding carboxylic acids is 3. The van der Waals surface area contributed by atoms with E-state index >= 15 is 0 Å². The first-order chi connectivity index (χ1) is 10.6. The second kappa shape index (κ2) is 9.28. The Hall–Kier alpha value is -2.70. The van der Waals surface area contributed by atoms with E-state index in [1.807, 2.05) is 0 Å². The van der Waals surface area contributed by atoms with Crippen molar-refractivity contribution in [1.82, 2.24) is 15.6 Å². The Bertz CT molecular complexity index is 555. The van der Waals surface area contributed by atoms with Gasteiger partial charge in [-0.25, -0.2) is 0 Å². The predicted octanol–water partition coefficient (Wildman–Crippen LogP) is 0.539. The summed E-state index contributed by atoms with van der Waals surface area (Å²) in [5.41, 5.74) is 0.380. The van der Waals surface area contributed by atoms with E-state index in [2.05, 4.69) is 15.6 Å². The van der Waals surface area contributed by atoms with Crippen molar-refractivity contribution in [3.63, 3.8) is 0 Å². The molecule has 22 heavy (non-hydrogen) atoms. The molecule has 7 nitrogen and oxygen atoms in total. The lowest BCUT2D eigenvalue weighted by atomic mass is 10.1. The molecular weight excluding hydrogens is 286 g/mol. The van der Waals surface area contributed by atoms with Gasteiger partial charge in [0.15, 0.2) is 0 Å². The molecule has 0 aromatic carbocycles. The van der Waals surface area contributed by atoms with Crippen molar-refractivity contribution >= 4 is 23.7 Å². The Balaban J connectivity index is 3.29. The van der Waals surface area contributed by atoms with Gasteiger partial charge in [0, 0.05) is 12.6 Å². The quantitative estimate of drug-likeness (QED) is 0.539. The molecule has 0 aliphatic heterocycles. The molecule has 1 rings (SSSR count). The first kappa shape index (κ1) is 17.4. The number of ether oxygens (including phenoxy) is 1. The maximum atomic E-state index is 12.3. The molecule has 0 aliphatic carbocycles. The van der Waals surface area contributed by atoms with E-state index in [1.54, 1.807) is 38.3 Å². The van der Waals surface area contributed by atoms with Crippen molar-refractivity contribution in [2.24, 2.45) is 0 Å². The highest BCUT2D eigenvalue weighted by Gasteiger charge is 2.21. The average molecular weight is 304 g/mol. The number of carbonyl (C=O) groups is 2. The molecule has 0 aliphatic rings. The van der Waals surface area contributed by atoms with Gasteiger partial charge in [0.1, 0.15) is 5.57 Å². The molecule has 0 saturated heterocycles. The number of aromatic nitrogens is 1. The Morgan fingerprint density at radius 1 is 1.32 bits per heavy atom. The second-order valence-electron chi connectivity index (χ2n) is 4.08. The molecule has 0 unspecified atom stereocenters. The van der Waals surface area contributed by atoms with Crippen molar-refractivity contribution in [2.75, 3.05) is 13.2 Å². The van der Waals surface area contributed by atoms with E-state index in [-0.39, 0.29) is 36.9 Å². The van der Waals surface area contributed by atoms with E-state index in [1.165, 1.54) is 6.20 Å². The minimum absolute atomic E-state index is 0.0106. The van der Waals surface area contributed by atoms with Crippen molar-refractivity contribution in [2.45, 2.75) is 20.3 Å².